The van der Waals surface area contributed by atoms with Gasteiger partial charge in [-0.1, -0.05) is 39.0 Å². The van der Waals surface area contributed by atoms with Crippen molar-refractivity contribution in [1.29, 1.82) is 0 Å². The van der Waals surface area contributed by atoms with Gasteiger partial charge in [-0.3, -0.25) is 4.99 Å². The Balaban J connectivity index is 2.60. The summed E-state index contributed by atoms with van der Waals surface area (Å²) in [5, 5.41) is 4.72. The van der Waals surface area contributed by atoms with E-state index in [1.807, 2.05) is 11.8 Å². The van der Waals surface area contributed by atoms with E-state index in [-0.39, 0.29) is 5.54 Å². The van der Waals surface area contributed by atoms with Crippen LogP contribution in [0.2, 0.25) is 0 Å². The molecule has 1 aliphatic heterocycles. The van der Waals surface area contributed by atoms with Gasteiger partial charge in [0, 0.05) is 18.4 Å². The summed E-state index contributed by atoms with van der Waals surface area (Å²) in [6.45, 7) is 7.42. The summed E-state index contributed by atoms with van der Waals surface area (Å²) in [5.74, 6) is 1.14. The smallest absolute Gasteiger partial charge is 0.157 e. The van der Waals surface area contributed by atoms with Gasteiger partial charge in [0.05, 0.1) is 12.6 Å². The average Bonchev–Trinajstić information content (AvgIpc) is 2.74. The molecule has 1 fully saturated rings. The summed E-state index contributed by atoms with van der Waals surface area (Å²) in [7, 11) is 1.75. The van der Waals surface area contributed by atoms with Gasteiger partial charge in [0.15, 0.2) is 5.17 Å². The molecule has 3 nitrogen and oxygen atoms in total. The van der Waals surface area contributed by atoms with Crippen molar-refractivity contribution in [2.45, 2.75) is 58.0 Å². The Morgan fingerprint density at radius 1 is 1.41 bits per heavy atom. The van der Waals surface area contributed by atoms with Gasteiger partial charge in [0.2, 0.25) is 0 Å². The van der Waals surface area contributed by atoms with E-state index in [0.29, 0.717) is 6.04 Å². The van der Waals surface area contributed by atoms with Crippen LogP contribution in [-0.2, 0) is 4.74 Å². The minimum absolute atomic E-state index is 0.271. The fourth-order valence-electron chi connectivity index (χ4n) is 2.08. The van der Waals surface area contributed by atoms with Crippen molar-refractivity contribution in [2.24, 2.45) is 4.99 Å². The minimum Gasteiger partial charge on any atom is -0.382 e. The van der Waals surface area contributed by atoms with Crippen molar-refractivity contribution in [3.05, 3.63) is 0 Å². The maximum atomic E-state index is 5.23. The molecule has 0 saturated carbocycles. The number of methoxy groups -OCH3 is 1. The van der Waals surface area contributed by atoms with E-state index in [9.17, 15) is 0 Å². The molecule has 1 aliphatic rings. The third kappa shape index (κ3) is 4.18. The molecule has 0 bridgehead atoms. The number of aliphatic imine (C=N–C) groups is 1. The Hall–Kier alpha value is -0.220. The molecule has 0 aromatic rings. The lowest BCUT2D eigenvalue weighted by Crippen LogP contribution is -2.42. The number of hydrogen-bond acceptors (Lipinski definition) is 3. The van der Waals surface area contributed by atoms with Crippen molar-refractivity contribution < 1.29 is 4.74 Å². The molecule has 0 radical (unpaired) electrons. The Labute approximate surface area is 110 Å². The standard InChI is InChI=1S/C13H26N2OS/c1-5-8-11(9-16-4)14-12-15-13(6-2,7-3)10-17-12/h11H,5-10H2,1-4H3,(H,14,15). The first-order valence-corrected chi connectivity index (χ1v) is 7.66. The lowest BCUT2D eigenvalue weighted by atomic mass is 9.96. The summed E-state index contributed by atoms with van der Waals surface area (Å²) in [6.07, 6.45) is 4.59. The SMILES string of the molecule is CCCC(COC)N=C1NC(CC)(CC)CS1. The summed E-state index contributed by atoms with van der Waals surface area (Å²) < 4.78 is 5.23. The highest BCUT2D eigenvalue weighted by atomic mass is 32.2. The summed E-state index contributed by atoms with van der Waals surface area (Å²) in [5.41, 5.74) is 0.271. The normalized spacial score (nSPS) is 22.7. The van der Waals surface area contributed by atoms with E-state index in [2.05, 4.69) is 26.1 Å². The molecule has 100 valence electrons. The highest BCUT2D eigenvalue weighted by molar-refractivity contribution is 8.14. The molecular weight excluding hydrogens is 232 g/mol. The number of amidine groups is 1. The van der Waals surface area contributed by atoms with Crippen LogP contribution in [0.25, 0.3) is 0 Å². The van der Waals surface area contributed by atoms with E-state index in [4.69, 9.17) is 9.73 Å². The monoisotopic (exact) mass is 258 g/mol. The Morgan fingerprint density at radius 3 is 2.59 bits per heavy atom. The number of ether oxygens (including phenoxy) is 1. The summed E-state index contributed by atoms with van der Waals surface area (Å²) in [4.78, 5) is 4.79. The highest BCUT2D eigenvalue weighted by Gasteiger charge is 2.33. The zero-order valence-corrected chi connectivity index (χ0v) is 12.4. The summed E-state index contributed by atoms with van der Waals surface area (Å²) in [6, 6.07) is 0.310. The van der Waals surface area contributed by atoms with Crippen LogP contribution in [0.1, 0.15) is 46.5 Å². The van der Waals surface area contributed by atoms with Crippen LogP contribution in [0.5, 0.6) is 0 Å². The van der Waals surface area contributed by atoms with Crippen molar-refractivity contribution >= 4 is 16.9 Å². The molecule has 0 aromatic carbocycles. The first kappa shape index (κ1) is 14.8. The zero-order valence-electron chi connectivity index (χ0n) is 11.6. The Kier molecular flexibility index (Phi) is 6.34. The molecule has 0 spiro atoms. The van der Waals surface area contributed by atoms with Gasteiger partial charge in [0.25, 0.3) is 0 Å². The second-order valence-corrected chi connectivity index (χ2v) is 5.70. The number of nitrogens with zero attached hydrogens (tertiary/aromatic N) is 1. The molecular formula is C13H26N2OS. The predicted molar refractivity (Wildman–Crippen MR) is 76.9 cm³/mol. The van der Waals surface area contributed by atoms with Gasteiger partial charge in [-0.25, -0.2) is 0 Å². The van der Waals surface area contributed by atoms with Crippen LogP contribution >= 0.6 is 11.8 Å². The maximum absolute atomic E-state index is 5.23. The number of rotatable bonds is 7. The fourth-order valence-corrected chi connectivity index (χ4v) is 3.49. The van der Waals surface area contributed by atoms with Gasteiger partial charge in [-0.2, -0.15) is 0 Å². The first-order valence-electron chi connectivity index (χ1n) is 6.67. The average molecular weight is 258 g/mol. The molecule has 0 aromatic heterocycles. The third-order valence-corrected chi connectivity index (χ3v) is 4.67. The number of thioether (sulfide) groups is 1. The third-order valence-electron chi connectivity index (χ3n) is 3.49. The number of hydrogen-bond donors (Lipinski definition) is 1. The maximum Gasteiger partial charge on any atom is 0.157 e. The van der Waals surface area contributed by atoms with Crippen molar-refractivity contribution in [2.75, 3.05) is 19.5 Å². The molecule has 4 heteroatoms. The molecule has 1 rings (SSSR count). The van der Waals surface area contributed by atoms with E-state index >= 15 is 0 Å². The lowest BCUT2D eigenvalue weighted by molar-refractivity contribution is 0.177. The second kappa shape index (κ2) is 7.27. The second-order valence-electron chi connectivity index (χ2n) is 4.73. The predicted octanol–water partition coefficient (Wildman–Crippen LogP) is 3.05. The van der Waals surface area contributed by atoms with Crippen molar-refractivity contribution in [3.63, 3.8) is 0 Å². The molecule has 1 saturated heterocycles. The van der Waals surface area contributed by atoms with Gasteiger partial charge in [-0.05, 0) is 19.3 Å². The largest absolute Gasteiger partial charge is 0.382 e. The van der Waals surface area contributed by atoms with E-state index in [0.717, 1.165) is 43.2 Å². The van der Waals surface area contributed by atoms with Gasteiger partial charge >= 0.3 is 0 Å². The van der Waals surface area contributed by atoms with E-state index in [1.165, 1.54) is 0 Å². The molecule has 0 aliphatic carbocycles. The van der Waals surface area contributed by atoms with Crippen LogP contribution < -0.4 is 5.32 Å². The van der Waals surface area contributed by atoms with Crippen molar-refractivity contribution in [1.82, 2.24) is 5.32 Å². The molecule has 0 amide bonds. The Bertz CT molecular complexity index is 246. The van der Waals surface area contributed by atoms with Crippen LogP contribution in [0, 0.1) is 0 Å². The molecule has 1 atom stereocenters. The van der Waals surface area contributed by atoms with Gasteiger partial charge in [0.1, 0.15) is 0 Å². The topological polar surface area (TPSA) is 33.6 Å². The minimum atomic E-state index is 0.271. The van der Waals surface area contributed by atoms with Crippen LogP contribution in [0.15, 0.2) is 4.99 Å². The molecule has 17 heavy (non-hydrogen) atoms. The van der Waals surface area contributed by atoms with E-state index < -0.39 is 0 Å². The molecule has 1 N–H and O–H groups in total. The van der Waals surface area contributed by atoms with E-state index in [1.54, 1.807) is 7.11 Å². The first-order chi connectivity index (χ1) is 8.19. The van der Waals surface area contributed by atoms with Crippen LogP contribution in [0.3, 0.4) is 0 Å². The lowest BCUT2D eigenvalue weighted by Gasteiger charge is -2.25. The number of nitrogens with one attached hydrogen (secondary N) is 1. The van der Waals surface area contributed by atoms with Gasteiger partial charge in [-0.15, -0.1) is 0 Å². The fraction of sp³-hybridized carbons (Fsp3) is 0.923. The molecule has 1 heterocycles. The zero-order chi connectivity index (χ0) is 12.7. The van der Waals surface area contributed by atoms with Crippen molar-refractivity contribution in [3.8, 4) is 0 Å². The van der Waals surface area contributed by atoms with Crippen LogP contribution in [0.4, 0.5) is 0 Å². The Morgan fingerprint density at radius 2 is 2.12 bits per heavy atom. The van der Waals surface area contributed by atoms with Gasteiger partial charge < -0.3 is 10.1 Å². The quantitative estimate of drug-likeness (QED) is 0.762. The van der Waals surface area contributed by atoms with Crippen LogP contribution in [-0.4, -0.2) is 36.2 Å². The molecule has 1 unspecified atom stereocenters. The summed E-state index contributed by atoms with van der Waals surface area (Å²) >= 11 is 1.86. The highest BCUT2D eigenvalue weighted by Crippen LogP contribution is 2.29.